The number of carbonyl (C=O) groups is 2. The average molecular weight is 484 g/mol. The SMILES string of the molecule is O=C(CCCc1ccccc1)N1CCN(C(=O)c2cccc(S(=O)(=O)NC3CCCC3)c2)CC1. The van der Waals surface area contributed by atoms with Crippen LogP contribution in [0.5, 0.6) is 0 Å². The molecule has 182 valence electrons. The molecule has 1 heterocycles. The van der Waals surface area contributed by atoms with Crippen LogP contribution in [0.1, 0.15) is 54.4 Å². The van der Waals surface area contributed by atoms with Crippen molar-refractivity contribution in [3.8, 4) is 0 Å². The minimum atomic E-state index is -3.65. The Balaban J connectivity index is 1.28. The number of nitrogens with zero attached hydrogens (tertiary/aromatic N) is 2. The van der Waals surface area contributed by atoms with E-state index >= 15 is 0 Å². The van der Waals surface area contributed by atoms with Crippen molar-refractivity contribution in [2.24, 2.45) is 0 Å². The van der Waals surface area contributed by atoms with Gasteiger partial charge in [0.15, 0.2) is 0 Å². The number of amides is 2. The first-order valence-electron chi connectivity index (χ1n) is 12.2. The monoisotopic (exact) mass is 483 g/mol. The predicted octanol–water partition coefficient (Wildman–Crippen LogP) is 3.21. The minimum Gasteiger partial charge on any atom is -0.339 e. The lowest BCUT2D eigenvalue weighted by molar-refractivity contribution is -0.132. The van der Waals surface area contributed by atoms with Gasteiger partial charge in [0.05, 0.1) is 4.90 Å². The van der Waals surface area contributed by atoms with Gasteiger partial charge in [-0.3, -0.25) is 9.59 Å². The van der Waals surface area contributed by atoms with Gasteiger partial charge in [-0.1, -0.05) is 49.2 Å². The summed E-state index contributed by atoms with van der Waals surface area (Å²) in [5.74, 6) is -0.0804. The van der Waals surface area contributed by atoms with Crippen molar-refractivity contribution in [2.75, 3.05) is 26.2 Å². The lowest BCUT2D eigenvalue weighted by Crippen LogP contribution is -2.50. The molecule has 1 saturated heterocycles. The van der Waals surface area contributed by atoms with E-state index in [0.29, 0.717) is 38.2 Å². The van der Waals surface area contributed by atoms with Crippen molar-refractivity contribution in [1.82, 2.24) is 14.5 Å². The molecule has 0 aromatic heterocycles. The van der Waals surface area contributed by atoms with Gasteiger partial charge in [-0.2, -0.15) is 0 Å². The van der Waals surface area contributed by atoms with Crippen LogP contribution in [0.15, 0.2) is 59.5 Å². The maximum Gasteiger partial charge on any atom is 0.254 e. The van der Waals surface area contributed by atoms with Gasteiger partial charge in [0, 0.05) is 44.2 Å². The fourth-order valence-electron chi connectivity index (χ4n) is 4.72. The quantitative estimate of drug-likeness (QED) is 0.625. The number of piperazine rings is 1. The van der Waals surface area contributed by atoms with Crippen LogP contribution < -0.4 is 4.72 Å². The van der Waals surface area contributed by atoms with Crippen molar-refractivity contribution in [3.63, 3.8) is 0 Å². The maximum atomic E-state index is 13.0. The lowest BCUT2D eigenvalue weighted by Gasteiger charge is -2.35. The summed E-state index contributed by atoms with van der Waals surface area (Å²) < 4.78 is 28.3. The molecule has 0 bridgehead atoms. The zero-order valence-electron chi connectivity index (χ0n) is 19.5. The van der Waals surface area contributed by atoms with Crippen LogP contribution >= 0.6 is 0 Å². The van der Waals surface area contributed by atoms with Gasteiger partial charge in [-0.15, -0.1) is 0 Å². The van der Waals surface area contributed by atoms with Crippen LogP contribution in [0.4, 0.5) is 0 Å². The highest BCUT2D eigenvalue weighted by atomic mass is 32.2. The molecule has 2 aromatic rings. The highest BCUT2D eigenvalue weighted by Gasteiger charge is 2.27. The average Bonchev–Trinajstić information content (AvgIpc) is 3.37. The predicted molar refractivity (Wildman–Crippen MR) is 131 cm³/mol. The van der Waals surface area contributed by atoms with E-state index in [4.69, 9.17) is 0 Å². The lowest BCUT2D eigenvalue weighted by atomic mass is 10.1. The van der Waals surface area contributed by atoms with E-state index in [1.807, 2.05) is 23.1 Å². The molecule has 1 saturated carbocycles. The van der Waals surface area contributed by atoms with E-state index in [2.05, 4.69) is 16.9 Å². The number of nitrogens with one attached hydrogen (secondary N) is 1. The summed E-state index contributed by atoms with van der Waals surface area (Å²) >= 11 is 0. The Labute approximate surface area is 202 Å². The maximum absolute atomic E-state index is 13.0. The molecule has 0 atom stereocenters. The number of hydrogen-bond acceptors (Lipinski definition) is 4. The van der Waals surface area contributed by atoms with Gasteiger partial charge < -0.3 is 9.80 Å². The highest BCUT2D eigenvalue weighted by molar-refractivity contribution is 7.89. The van der Waals surface area contributed by atoms with Crippen LogP contribution in [0, 0.1) is 0 Å². The van der Waals surface area contributed by atoms with E-state index in [-0.39, 0.29) is 22.8 Å². The van der Waals surface area contributed by atoms with Crippen LogP contribution in [0.2, 0.25) is 0 Å². The summed E-state index contributed by atoms with van der Waals surface area (Å²) in [5.41, 5.74) is 1.59. The largest absolute Gasteiger partial charge is 0.339 e. The Kier molecular flexibility index (Phi) is 8.00. The van der Waals surface area contributed by atoms with Gasteiger partial charge in [0.1, 0.15) is 0 Å². The Morgan fingerprint density at radius 1 is 0.882 bits per heavy atom. The summed E-state index contributed by atoms with van der Waals surface area (Å²) in [6, 6.07) is 16.4. The molecule has 1 aliphatic heterocycles. The molecule has 2 aliphatic rings. The molecule has 4 rings (SSSR count). The molecular weight excluding hydrogens is 450 g/mol. The van der Waals surface area contributed by atoms with Crippen molar-refractivity contribution in [1.29, 1.82) is 0 Å². The van der Waals surface area contributed by atoms with Crippen LogP contribution in [0.25, 0.3) is 0 Å². The molecule has 0 radical (unpaired) electrons. The number of sulfonamides is 1. The summed E-state index contributed by atoms with van der Waals surface area (Å²) in [6.45, 7) is 1.88. The summed E-state index contributed by atoms with van der Waals surface area (Å²) in [7, 11) is -3.65. The number of hydrogen-bond donors (Lipinski definition) is 1. The van der Waals surface area contributed by atoms with Gasteiger partial charge >= 0.3 is 0 Å². The second-order valence-electron chi connectivity index (χ2n) is 9.14. The van der Waals surface area contributed by atoms with Gasteiger partial charge in [-0.25, -0.2) is 13.1 Å². The minimum absolute atomic E-state index is 0.0253. The summed E-state index contributed by atoms with van der Waals surface area (Å²) in [4.78, 5) is 29.3. The fourth-order valence-corrected chi connectivity index (χ4v) is 6.07. The Morgan fingerprint density at radius 3 is 2.26 bits per heavy atom. The normalized spacial score (nSPS) is 17.2. The van der Waals surface area contributed by atoms with E-state index in [1.54, 1.807) is 17.0 Å². The van der Waals surface area contributed by atoms with E-state index in [0.717, 1.165) is 38.5 Å². The number of aryl methyl sites for hydroxylation is 1. The van der Waals surface area contributed by atoms with Gasteiger partial charge in [0.2, 0.25) is 15.9 Å². The first kappa shape index (κ1) is 24.4. The van der Waals surface area contributed by atoms with Crippen LogP contribution in [-0.2, 0) is 21.2 Å². The smallest absolute Gasteiger partial charge is 0.254 e. The van der Waals surface area contributed by atoms with E-state index < -0.39 is 10.0 Å². The van der Waals surface area contributed by atoms with Crippen molar-refractivity contribution < 1.29 is 18.0 Å². The Hall–Kier alpha value is -2.71. The molecule has 8 heteroatoms. The standard InChI is InChI=1S/C26H33N3O4S/c30-25(15-6-10-21-8-2-1-3-9-21)28-16-18-29(19-17-28)26(31)22-11-7-14-24(20-22)34(32,33)27-23-12-4-5-13-23/h1-3,7-9,11,14,20,23,27H,4-6,10,12-13,15-19H2. The number of benzene rings is 2. The summed E-state index contributed by atoms with van der Waals surface area (Å²) in [5, 5.41) is 0. The first-order valence-corrected chi connectivity index (χ1v) is 13.6. The van der Waals surface area contributed by atoms with Crippen molar-refractivity contribution in [3.05, 3.63) is 65.7 Å². The molecule has 0 unspecified atom stereocenters. The van der Waals surface area contributed by atoms with Crippen LogP contribution in [-0.4, -0.2) is 62.3 Å². The van der Waals surface area contributed by atoms with Crippen molar-refractivity contribution in [2.45, 2.75) is 55.9 Å². The second kappa shape index (κ2) is 11.1. The van der Waals surface area contributed by atoms with Gasteiger partial charge in [0.25, 0.3) is 5.91 Å². The molecule has 2 fully saturated rings. The van der Waals surface area contributed by atoms with Crippen LogP contribution in [0.3, 0.4) is 0 Å². The third kappa shape index (κ3) is 6.24. The zero-order chi connectivity index (χ0) is 24.0. The molecule has 0 spiro atoms. The van der Waals surface area contributed by atoms with E-state index in [9.17, 15) is 18.0 Å². The molecule has 1 N–H and O–H groups in total. The second-order valence-corrected chi connectivity index (χ2v) is 10.9. The molecule has 1 aliphatic carbocycles. The first-order chi connectivity index (χ1) is 16.4. The van der Waals surface area contributed by atoms with E-state index in [1.165, 1.54) is 17.7 Å². The number of carbonyl (C=O) groups excluding carboxylic acids is 2. The molecule has 2 amide bonds. The topological polar surface area (TPSA) is 86.8 Å². The fraction of sp³-hybridized carbons (Fsp3) is 0.462. The molecule has 2 aromatic carbocycles. The number of rotatable bonds is 8. The zero-order valence-corrected chi connectivity index (χ0v) is 20.3. The Bertz CT molecular complexity index is 1090. The third-order valence-electron chi connectivity index (χ3n) is 6.69. The molecular formula is C26H33N3O4S. The summed E-state index contributed by atoms with van der Waals surface area (Å²) in [6.07, 6.45) is 5.95. The van der Waals surface area contributed by atoms with Gasteiger partial charge in [-0.05, 0) is 49.4 Å². The third-order valence-corrected chi connectivity index (χ3v) is 8.20. The van der Waals surface area contributed by atoms with Crippen molar-refractivity contribution >= 4 is 21.8 Å². The molecule has 7 nitrogen and oxygen atoms in total. The highest BCUT2D eigenvalue weighted by Crippen LogP contribution is 2.21. The molecule has 34 heavy (non-hydrogen) atoms. The Morgan fingerprint density at radius 2 is 1.56 bits per heavy atom.